The maximum Gasteiger partial charge on any atom is 0.317 e. The number of nitrogens with zero attached hydrogens (tertiary/aromatic N) is 1. The van der Waals surface area contributed by atoms with Crippen LogP contribution >= 0.6 is 0 Å². The van der Waals surface area contributed by atoms with E-state index in [1.807, 2.05) is 38.1 Å². The number of amides is 2. The molecule has 1 aromatic carbocycles. The van der Waals surface area contributed by atoms with Gasteiger partial charge in [0.2, 0.25) is 0 Å². The number of carboxylic acids is 1. The van der Waals surface area contributed by atoms with Crippen LogP contribution in [0.2, 0.25) is 0 Å². The van der Waals surface area contributed by atoms with Crippen molar-refractivity contribution in [2.75, 3.05) is 19.6 Å². The van der Waals surface area contributed by atoms with Gasteiger partial charge in [-0.3, -0.25) is 4.79 Å². The van der Waals surface area contributed by atoms with Crippen LogP contribution in [0.25, 0.3) is 0 Å². The fraction of sp³-hybridized carbons (Fsp3) is 0.500. The number of aryl methyl sites for hydroxylation is 1. The van der Waals surface area contributed by atoms with Crippen molar-refractivity contribution in [3.8, 4) is 5.75 Å². The summed E-state index contributed by atoms with van der Waals surface area (Å²) in [5.74, 6) is -0.491. The van der Waals surface area contributed by atoms with Gasteiger partial charge in [0.25, 0.3) is 0 Å². The van der Waals surface area contributed by atoms with Gasteiger partial charge in [-0.15, -0.1) is 0 Å². The molecule has 1 aliphatic rings. The summed E-state index contributed by atoms with van der Waals surface area (Å²) >= 11 is 0. The Bertz CT molecular complexity index is 547. The zero-order valence-corrected chi connectivity index (χ0v) is 12.9. The van der Waals surface area contributed by atoms with E-state index in [0.29, 0.717) is 19.5 Å². The van der Waals surface area contributed by atoms with E-state index < -0.39 is 11.9 Å². The molecule has 0 saturated carbocycles. The lowest BCUT2D eigenvalue weighted by Crippen LogP contribution is -2.42. The summed E-state index contributed by atoms with van der Waals surface area (Å²) in [5.41, 5.74) is 1.05. The number of benzene rings is 1. The maximum atomic E-state index is 12.0. The van der Waals surface area contributed by atoms with E-state index >= 15 is 0 Å². The van der Waals surface area contributed by atoms with Crippen LogP contribution in [0.5, 0.6) is 5.75 Å². The molecule has 2 rings (SSSR count). The zero-order chi connectivity index (χ0) is 16.1. The van der Waals surface area contributed by atoms with Crippen molar-refractivity contribution in [3.63, 3.8) is 0 Å². The Hall–Kier alpha value is -2.24. The first-order valence-electron chi connectivity index (χ1n) is 7.45. The quantitative estimate of drug-likeness (QED) is 0.870. The molecule has 1 fully saturated rings. The van der Waals surface area contributed by atoms with E-state index in [1.165, 1.54) is 0 Å². The summed E-state index contributed by atoms with van der Waals surface area (Å²) < 4.78 is 5.79. The summed E-state index contributed by atoms with van der Waals surface area (Å²) in [5, 5.41) is 11.7. The monoisotopic (exact) mass is 306 g/mol. The predicted molar refractivity (Wildman–Crippen MR) is 82.0 cm³/mol. The second-order valence-corrected chi connectivity index (χ2v) is 5.65. The molecule has 0 radical (unpaired) electrons. The molecule has 1 aliphatic heterocycles. The summed E-state index contributed by atoms with van der Waals surface area (Å²) in [6.45, 7) is 4.99. The Balaban J connectivity index is 1.77. The second kappa shape index (κ2) is 7.15. The number of hydrogen-bond acceptors (Lipinski definition) is 3. The van der Waals surface area contributed by atoms with Crippen molar-refractivity contribution < 1.29 is 19.4 Å². The number of para-hydroxylation sites is 1. The largest absolute Gasteiger partial charge is 0.489 e. The van der Waals surface area contributed by atoms with Crippen LogP contribution in [0, 0.1) is 12.8 Å². The highest BCUT2D eigenvalue weighted by molar-refractivity contribution is 5.77. The van der Waals surface area contributed by atoms with Crippen LogP contribution in [-0.4, -0.2) is 47.7 Å². The second-order valence-electron chi connectivity index (χ2n) is 5.65. The fourth-order valence-corrected chi connectivity index (χ4v) is 2.44. The molecule has 1 aromatic rings. The number of aliphatic carboxylic acids is 1. The molecule has 6 nitrogen and oxygen atoms in total. The van der Waals surface area contributed by atoms with E-state index in [1.54, 1.807) is 4.90 Å². The summed E-state index contributed by atoms with van der Waals surface area (Å²) in [6, 6.07) is 7.48. The van der Waals surface area contributed by atoms with Crippen molar-refractivity contribution in [1.29, 1.82) is 0 Å². The van der Waals surface area contributed by atoms with Crippen molar-refractivity contribution in [2.45, 2.75) is 26.4 Å². The number of ether oxygens (including phenoxy) is 1. The van der Waals surface area contributed by atoms with Gasteiger partial charge < -0.3 is 20.1 Å². The topological polar surface area (TPSA) is 78.9 Å². The first-order valence-corrected chi connectivity index (χ1v) is 7.45. The number of carboxylic acid groups (broad SMARTS) is 1. The van der Waals surface area contributed by atoms with Crippen molar-refractivity contribution in [3.05, 3.63) is 29.8 Å². The van der Waals surface area contributed by atoms with Crippen LogP contribution in [0.3, 0.4) is 0 Å². The normalized spacial score (nSPS) is 18.8. The highest BCUT2D eigenvalue weighted by Gasteiger charge is 2.30. The highest BCUT2D eigenvalue weighted by atomic mass is 16.5. The van der Waals surface area contributed by atoms with E-state index in [2.05, 4.69) is 5.32 Å². The van der Waals surface area contributed by atoms with E-state index in [4.69, 9.17) is 9.84 Å². The van der Waals surface area contributed by atoms with Crippen molar-refractivity contribution in [2.24, 2.45) is 5.92 Å². The molecule has 0 aromatic heterocycles. The van der Waals surface area contributed by atoms with Crippen LogP contribution in [0.15, 0.2) is 24.3 Å². The van der Waals surface area contributed by atoms with Crippen LogP contribution in [0.4, 0.5) is 4.79 Å². The van der Waals surface area contributed by atoms with E-state index in [-0.39, 0.29) is 18.7 Å². The summed E-state index contributed by atoms with van der Waals surface area (Å²) in [4.78, 5) is 24.4. The molecular formula is C16H22N2O4. The lowest BCUT2D eigenvalue weighted by molar-refractivity contribution is -0.141. The van der Waals surface area contributed by atoms with Crippen molar-refractivity contribution >= 4 is 12.0 Å². The number of rotatable bonds is 5. The van der Waals surface area contributed by atoms with Gasteiger partial charge in [-0.1, -0.05) is 18.2 Å². The number of carbonyl (C=O) groups excluding carboxylic acids is 1. The first-order chi connectivity index (χ1) is 10.5. The number of hydrogen-bond donors (Lipinski definition) is 2. The molecule has 22 heavy (non-hydrogen) atoms. The first kappa shape index (κ1) is 16.1. The Morgan fingerprint density at radius 2 is 2.18 bits per heavy atom. The molecule has 0 spiro atoms. The van der Waals surface area contributed by atoms with Crippen LogP contribution < -0.4 is 10.1 Å². The van der Waals surface area contributed by atoms with Gasteiger partial charge in [-0.2, -0.15) is 0 Å². The lowest BCUT2D eigenvalue weighted by Gasteiger charge is -2.20. The Kier molecular flexibility index (Phi) is 5.25. The molecule has 0 aliphatic carbocycles. The Morgan fingerprint density at radius 3 is 2.82 bits per heavy atom. The van der Waals surface area contributed by atoms with Gasteiger partial charge in [-0.05, 0) is 31.9 Å². The molecule has 6 heteroatoms. The van der Waals surface area contributed by atoms with Crippen LogP contribution in [0.1, 0.15) is 18.9 Å². The smallest absolute Gasteiger partial charge is 0.317 e. The third-order valence-electron chi connectivity index (χ3n) is 3.79. The predicted octanol–water partition coefficient (Wildman–Crippen LogP) is 1.88. The SMILES string of the molecule is Cc1ccccc1OC(C)CNC(=O)N1CCC(C(=O)O)C1. The Morgan fingerprint density at radius 1 is 1.45 bits per heavy atom. The average Bonchev–Trinajstić information content (AvgIpc) is 2.97. The van der Waals surface area contributed by atoms with Gasteiger partial charge in [-0.25, -0.2) is 4.79 Å². The molecule has 0 bridgehead atoms. The third kappa shape index (κ3) is 4.13. The molecule has 2 unspecified atom stereocenters. The van der Waals surface area contributed by atoms with Crippen molar-refractivity contribution in [1.82, 2.24) is 10.2 Å². The fourth-order valence-electron chi connectivity index (χ4n) is 2.44. The molecule has 2 atom stereocenters. The number of nitrogens with one attached hydrogen (secondary N) is 1. The van der Waals surface area contributed by atoms with Crippen LogP contribution in [-0.2, 0) is 4.79 Å². The van der Waals surface area contributed by atoms with Gasteiger partial charge in [0.1, 0.15) is 11.9 Å². The number of urea groups is 1. The van der Waals surface area contributed by atoms with Gasteiger partial charge in [0.15, 0.2) is 0 Å². The van der Waals surface area contributed by atoms with Gasteiger partial charge in [0, 0.05) is 13.1 Å². The summed E-state index contributed by atoms with van der Waals surface area (Å²) in [7, 11) is 0. The minimum atomic E-state index is -0.841. The van der Waals surface area contributed by atoms with Gasteiger partial charge in [0.05, 0.1) is 12.5 Å². The number of carbonyl (C=O) groups is 2. The maximum absolute atomic E-state index is 12.0. The third-order valence-corrected chi connectivity index (χ3v) is 3.79. The van der Waals surface area contributed by atoms with Gasteiger partial charge >= 0.3 is 12.0 Å². The summed E-state index contributed by atoms with van der Waals surface area (Å²) in [6.07, 6.45) is 0.348. The average molecular weight is 306 g/mol. The molecule has 2 N–H and O–H groups in total. The molecule has 1 heterocycles. The highest BCUT2D eigenvalue weighted by Crippen LogP contribution is 2.18. The molecule has 1 saturated heterocycles. The minimum absolute atomic E-state index is 0.164. The molecule has 2 amide bonds. The lowest BCUT2D eigenvalue weighted by atomic mass is 10.1. The van der Waals surface area contributed by atoms with E-state index in [0.717, 1.165) is 11.3 Å². The van der Waals surface area contributed by atoms with E-state index in [9.17, 15) is 9.59 Å². The Labute approximate surface area is 130 Å². The standard InChI is InChI=1S/C16H22N2O4/c1-11-5-3-4-6-14(11)22-12(2)9-17-16(21)18-8-7-13(10-18)15(19)20/h3-6,12-13H,7-10H2,1-2H3,(H,17,21)(H,19,20). The molecular weight excluding hydrogens is 284 g/mol. The number of likely N-dealkylation sites (tertiary alicyclic amines) is 1. The minimum Gasteiger partial charge on any atom is -0.489 e. The zero-order valence-electron chi connectivity index (χ0n) is 12.9. The molecule has 120 valence electrons.